The summed E-state index contributed by atoms with van der Waals surface area (Å²) in [6.45, 7) is 7.74. The van der Waals surface area contributed by atoms with Crippen molar-refractivity contribution in [1.29, 1.82) is 0 Å². The highest BCUT2D eigenvalue weighted by molar-refractivity contribution is 6.20. The quantitative estimate of drug-likeness (QED) is 0.727. The predicted molar refractivity (Wildman–Crippen MR) is 80.1 cm³/mol. The number of hydrogen-bond donors (Lipinski definition) is 0. The number of aryl methyl sites for hydroxylation is 1. The first kappa shape index (κ1) is 14.2. The fourth-order valence-electron chi connectivity index (χ4n) is 2.27. The van der Waals surface area contributed by atoms with Gasteiger partial charge in [-0.2, -0.15) is 0 Å². The molecule has 1 atom stereocenters. The van der Waals surface area contributed by atoms with Crippen molar-refractivity contribution in [2.24, 2.45) is 0 Å². The number of rotatable bonds is 6. The molecule has 1 aromatic heterocycles. The van der Waals surface area contributed by atoms with Crippen LogP contribution in [0.2, 0.25) is 0 Å². The number of imidazole rings is 1. The first-order chi connectivity index (χ1) is 9.19. The average Bonchev–Trinajstić information content (AvgIpc) is 2.77. The summed E-state index contributed by atoms with van der Waals surface area (Å²) >= 11 is 6.26. The molecule has 4 heteroatoms. The topological polar surface area (TPSA) is 27.1 Å². The molecule has 1 aromatic carbocycles. The number of para-hydroxylation sites is 1. The van der Waals surface area contributed by atoms with Crippen LogP contribution in [-0.2, 0) is 6.54 Å². The maximum atomic E-state index is 6.26. The first-order valence-electron chi connectivity index (χ1n) is 6.95. The molecular weight excluding hydrogens is 260 g/mol. The van der Waals surface area contributed by atoms with Gasteiger partial charge in [-0.3, -0.25) is 0 Å². The molecule has 0 saturated heterocycles. The number of benzene rings is 1. The van der Waals surface area contributed by atoms with Gasteiger partial charge in [0.15, 0.2) is 0 Å². The Hall–Kier alpha value is -1.22. The van der Waals surface area contributed by atoms with Crippen molar-refractivity contribution in [3.63, 3.8) is 0 Å². The van der Waals surface area contributed by atoms with Gasteiger partial charge in [0, 0.05) is 6.54 Å². The molecule has 1 heterocycles. The Morgan fingerprint density at radius 2 is 2.16 bits per heavy atom. The molecule has 3 nitrogen and oxygen atoms in total. The van der Waals surface area contributed by atoms with E-state index in [1.807, 2.05) is 26.0 Å². The monoisotopic (exact) mass is 280 g/mol. The number of unbranched alkanes of at least 4 members (excludes halogenated alkanes) is 1. The van der Waals surface area contributed by atoms with E-state index in [-0.39, 0.29) is 5.38 Å². The van der Waals surface area contributed by atoms with E-state index >= 15 is 0 Å². The zero-order chi connectivity index (χ0) is 13.8. The largest absolute Gasteiger partial charge is 0.492 e. The van der Waals surface area contributed by atoms with E-state index in [9.17, 15) is 0 Å². The summed E-state index contributed by atoms with van der Waals surface area (Å²) in [6, 6.07) is 6.06. The SMILES string of the molecule is CCCCn1c(C(C)Cl)nc2c(OCC)cccc21. The van der Waals surface area contributed by atoms with Gasteiger partial charge in [-0.15, -0.1) is 11.6 Å². The molecule has 0 spiro atoms. The Balaban J connectivity index is 2.55. The lowest BCUT2D eigenvalue weighted by atomic mass is 10.2. The average molecular weight is 281 g/mol. The second kappa shape index (κ2) is 6.29. The molecule has 1 unspecified atom stereocenters. The van der Waals surface area contributed by atoms with Crippen molar-refractivity contribution < 1.29 is 4.74 Å². The van der Waals surface area contributed by atoms with Gasteiger partial charge in [0.25, 0.3) is 0 Å². The normalized spacial score (nSPS) is 12.8. The highest BCUT2D eigenvalue weighted by Crippen LogP contribution is 2.30. The maximum Gasteiger partial charge on any atom is 0.147 e. The van der Waals surface area contributed by atoms with E-state index in [1.54, 1.807) is 0 Å². The Morgan fingerprint density at radius 1 is 1.37 bits per heavy atom. The third-order valence-electron chi connectivity index (χ3n) is 3.16. The molecule has 0 aliphatic rings. The van der Waals surface area contributed by atoms with E-state index < -0.39 is 0 Å². The van der Waals surface area contributed by atoms with Crippen LogP contribution in [0.25, 0.3) is 11.0 Å². The van der Waals surface area contributed by atoms with Gasteiger partial charge in [-0.25, -0.2) is 4.98 Å². The number of fused-ring (bicyclic) bond motifs is 1. The summed E-state index contributed by atoms with van der Waals surface area (Å²) < 4.78 is 7.87. The van der Waals surface area contributed by atoms with E-state index in [0.717, 1.165) is 42.0 Å². The number of ether oxygens (including phenoxy) is 1. The van der Waals surface area contributed by atoms with Crippen molar-refractivity contribution in [3.8, 4) is 5.75 Å². The summed E-state index contributed by atoms with van der Waals surface area (Å²) in [5, 5.41) is -0.0984. The summed E-state index contributed by atoms with van der Waals surface area (Å²) in [6.07, 6.45) is 2.28. The minimum Gasteiger partial charge on any atom is -0.492 e. The molecule has 0 bridgehead atoms. The molecule has 0 aliphatic carbocycles. The van der Waals surface area contributed by atoms with Crippen LogP contribution in [0.3, 0.4) is 0 Å². The van der Waals surface area contributed by atoms with E-state index in [1.165, 1.54) is 0 Å². The first-order valence-corrected chi connectivity index (χ1v) is 7.38. The lowest BCUT2D eigenvalue weighted by Gasteiger charge is -2.09. The van der Waals surface area contributed by atoms with Gasteiger partial charge in [-0.05, 0) is 32.4 Å². The van der Waals surface area contributed by atoms with Crippen LogP contribution in [0.1, 0.15) is 44.8 Å². The van der Waals surface area contributed by atoms with Crippen LogP contribution in [0, 0.1) is 0 Å². The smallest absolute Gasteiger partial charge is 0.147 e. The molecule has 2 aromatic rings. The Labute approximate surface area is 119 Å². The fraction of sp³-hybridized carbons (Fsp3) is 0.533. The minimum absolute atomic E-state index is 0.0984. The zero-order valence-corrected chi connectivity index (χ0v) is 12.6. The Morgan fingerprint density at radius 3 is 2.79 bits per heavy atom. The van der Waals surface area contributed by atoms with Gasteiger partial charge in [0.05, 0.1) is 17.5 Å². The maximum absolute atomic E-state index is 6.26. The summed E-state index contributed by atoms with van der Waals surface area (Å²) in [5.74, 6) is 1.77. The molecule has 104 valence electrons. The zero-order valence-electron chi connectivity index (χ0n) is 11.8. The van der Waals surface area contributed by atoms with Gasteiger partial charge in [0.1, 0.15) is 17.1 Å². The van der Waals surface area contributed by atoms with E-state index in [4.69, 9.17) is 16.3 Å². The van der Waals surface area contributed by atoms with E-state index in [0.29, 0.717) is 6.61 Å². The van der Waals surface area contributed by atoms with Crippen molar-refractivity contribution in [1.82, 2.24) is 9.55 Å². The van der Waals surface area contributed by atoms with Gasteiger partial charge < -0.3 is 9.30 Å². The standard InChI is InChI=1S/C15H21ClN2O/c1-4-6-10-18-12-8-7-9-13(19-5-2)14(12)17-15(18)11(3)16/h7-9,11H,4-6,10H2,1-3H3. The molecule has 0 amide bonds. The number of aromatic nitrogens is 2. The summed E-state index contributed by atoms with van der Waals surface area (Å²) in [5.41, 5.74) is 2.03. The fourth-order valence-corrected chi connectivity index (χ4v) is 2.43. The lowest BCUT2D eigenvalue weighted by molar-refractivity contribution is 0.343. The highest BCUT2D eigenvalue weighted by atomic mass is 35.5. The molecular formula is C15H21ClN2O. The number of alkyl halides is 1. The van der Waals surface area contributed by atoms with Gasteiger partial charge >= 0.3 is 0 Å². The van der Waals surface area contributed by atoms with Crippen molar-refractivity contribution in [2.75, 3.05) is 6.61 Å². The highest BCUT2D eigenvalue weighted by Gasteiger charge is 2.17. The molecule has 19 heavy (non-hydrogen) atoms. The molecule has 0 saturated carbocycles. The van der Waals surface area contributed by atoms with Crippen molar-refractivity contribution >= 4 is 22.6 Å². The molecule has 0 radical (unpaired) electrons. The van der Waals surface area contributed by atoms with Crippen LogP contribution < -0.4 is 4.74 Å². The number of hydrogen-bond acceptors (Lipinski definition) is 2. The molecule has 0 fully saturated rings. The second-order valence-corrected chi connectivity index (χ2v) is 5.30. The van der Waals surface area contributed by atoms with Crippen LogP contribution >= 0.6 is 11.6 Å². The lowest BCUT2D eigenvalue weighted by Crippen LogP contribution is -2.04. The van der Waals surface area contributed by atoms with E-state index in [2.05, 4.69) is 22.5 Å². The minimum atomic E-state index is -0.0984. The van der Waals surface area contributed by atoms with Crippen LogP contribution in [-0.4, -0.2) is 16.2 Å². The number of halogens is 1. The van der Waals surface area contributed by atoms with Gasteiger partial charge in [-0.1, -0.05) is 19.4 Å². The van der Waals surface area contributed by atoms with Crippen molar-refractivity contribution in [3.05, 3.63) is 24.0 Å². The summed E-state index contributed by atoms with van der Waals surface area (Å²) in [7, 11) is 0. The van der Waals surface area contributed by atoms with Crippen molar-refractivity contribution in [2.45, 2.75) is 45.5 Å². The molecule has 2 rings (SSSR count). The summed E-state index contributed by atoms with van der Waals surface area (Å²) in [4.78, 5) is 4.69. The van der Waals surface area contributed by atoms with Gasteiger partial charge in [0.2, 0.25) is 0 Å². The third-order valence-corrected chi connectivity index (χ3v) is 3.36. The Kier molecular flexibility index (Phi) is 4.70. The predicted octanol–water partition coefficient (Wildman–Crippen LogP) is 4.53. The van der Waals surface area contributed by atoms with Crippen LogP contribution in [0.5, 0.6) is 5.75 Å². The molecule has 0 N–H and O–H groups in total. The number of nitrogens with zero attached hydrogens (tertiary/aromatic N) is 2. The van der Waals surface area contributed by atoms with Crippen LogP contribution in [0.4, 0.5) is 0 Å². The molecule has 0 aliphatic heterocycles. The third kappa shape index (κ3) is 2.86. The Bertz CT molecular complexity index is 548. The van der Waals surface area contributed by atoms with Crippen LogP contribution in [0.15, 0.2) is 18.2 Å². The second-order valence-electron chi connectivity index (χ2n) is 4.65.